The van der Waals surface area contributed by atoms with Gasteiger partial charge < -0.3 is 5.11 Å². The van der Waals surface area contributed by atoms with Gasteiger partial charge in [0.15, 0.2) is 0 Å². The molecule has 0 aliphatic heterocycles. The Labute approximate surface area is 67.8 Å². The van der Waals surface area contributed by atoms with Crippen molar-refractivity contribution in [1.29, 1.82) is 0 Å². The molecule has 3 aliphatic carbocycles. The van der Waals surface area contributed by atoms with Gasteiger partial charge in [0.25, 0.3) is 0 Å². The molecule has 0 aromatic heterocycles. The molecule has 5 unspecified atom stereocenters. The fraction of sp³-hybridized carbons (Fsp3) is 1.00. The van der Waals surface area contributed by atoms with Crippen LogP contribution in [-0.4, -0.2) is 11.2 Å². The Morgan fingerprint density at radius 1 is 0.909 bits per heavy atom. The predicted molar refractivity (Wildman–Crippen MR) is 43.1 cm³/mol. The highest BCUT2D eigenvalue weighted by atomic mass is 16.3. The van der Waals surface area contributed by atoms with E-state index in [0.717, 1.165) is 24.2 Å². The summed E-state index contributed by atoms with van der Waals surface area (Å²) in [5, 5.41) is 9.72. The molecule has 1 heteroatoms. The van der Waals surface area contributed by atoms with Crippen LogP contribution in [0.5, 0.6) is 0 Å². The smallest absolute Gasteiger partial charge is 0.0571 e. The number of hydrogen-bond acceptors (Lipinski definition) is 1. The molecular formula is C10H16O. The zero-order valence-corrected chi connectivity index (χ0v) is 6.87. The van der Waals surface area contributed by atoms with E-state index in [1.807, 2.05) is 0 Å². The first-order chi connectivity index (χ1) is 5.34. The Bertz CT molecular complexity index is 178. The fourth-order valence-corrected chi connectivity index (χ4v) is 3.93. The third-order valence-corrected chi connectivity index (χ3v) is 4.33. The van der Waals surface area contributed by atoms with Crippen molar-refractivity contribution >= 4 is 0 Å². The standard InChI is InChI=1S/C10H16O/c11-10-2-1-7-3-6-4-8(7)9(10)5-6/h6-11H,1-5H2. The minimum absolute atomic E-state index is 0.0709. The molecule has 0 aromatic carbocycles. The second-order valence-corrected chi connectivity index (χ2v) is 4.81. The molecule has 0 amide bonds. The highest BCUT2D eigenvalue weighted by Crippen LogP contribution is 2.57. The number of aliphatic hydroxyl groups is 1. The van der Waals surface area contributed by atoms with Gasteiger partial charge in [-0.3, -0.25) is 0 Å². The van der Waals surface area contributed by atoms with Gasteiger partial charge in [-0.05, 0) is 55.8 Å². The van der Waals surface area contributed by atoms with Gasteiger partial charge in [0.05, 0.1) is 6.10 Å². The SMILES string of the molecule is OC1CCC2CC3CC1C2C3. The molecule has 1 N–H and O–H groups in total. The third-order valence-electron chi connectivity index (χ3n) is 4.33. The van der Waals surface area contributed by atoms with Crippen LogP contribution in [0.4, 0.5) is 0 Å². The lowest BCUT2D eigenvalue weighted by Crippen LogP contribution is -2.35. The molecule has 3 aliphatic rings. The van der Waals surface area contributed by atoms with E-state index in [1.54, 1.807) is 0 Å². The molecule has 0 heterocycles. The monoisotopic (exact) mass is 152 g/mol. The molecule has 1 nitrogen and oxygen atoms in total. The van der Waals surface area contributed by atoms with E-state index in [-0.39, 0.29) is 6.10 Å². The highest BCUT2D eigenvalue weighted by molar-refractivity contribution is 5.00. The summed E-state index contributed by atoms with van der Waals surface area (Å²) in [6.07, 6.45) is 6.78. The van der Waals surface area contributed by atoms with Gasteiger partial charge in [0, 0.05) is 0 Å². The third kappa shape index (κ3) is 0.752. The fourth-order valence-electron chi connectivity index (χ4n) is 3.93. The van der Waals surface area contributed by atoms with E-state index in [0.29, 0.717) is 5.92 Å². The minimum Gasteiger partial charge on any atom is -0.393 e. The van der Waals surface area contributed by atoms with Crippen molar-refractivity contribution < 1.29 is 5.11 Å². The normalized spacial score (nSPS) is 60.3. The van der Waals surface area contributed by atoms with E-state index < -0.39 is 0 Å². The Hall–Kier alpha value is -0.0400. The van der Waals surface area contributed by atoms with Gasteiger partial charge in [0.1, 0.15) is 0 Å². The molecule has 3 rings (SSSR count). The molecule has 3 fully saturated rings. The molecule has 0 radical (unpaired) electrons. The van der Waals surface area contributed by atoms with Crippen molar-refractivity contribution in [2.75, 3.05) is 0 Å². The van der Waals surface area contributed by atoms with Gasteiger partial charge in [0.2, 0.25) is 0 Å². The first kappa shape index (κ1) is 6.47. The van der Waals surface area contributed by atoms with E-state index in [4.69, 9.17) is 0 Å². The quantitative estimate of drug-likeness (QED) is 0.561. The van der Waals surface area contributed by atoms with Crippen LogP contribution in [0.2, 0.25) is 0 Å². The second-order valence-electron chi connectivity index (χ2n) is 4.81. The van der Waals surface area contributed by atoms with Gasteiger partial charge in [-0.15, -0.1) is 0 Å². The number of fused-ring (bicyclic) bond motifs is 1. The van der Waals surface area contributed by atoms with Crippen LogP contribution in [-0.2, 0) is 0 Å². The predicted octanol–water partition coefficient (Wildman–Crippen LogP) is 1.80. The average Bonchev–Trinajstić information content (AvgIpc) is 2.54. The number of aliphatic hydroxyl groups excluding tert-OH is 1. The van der Waals surface area contributed by atoms with Crippen molar-refractivity contribution in [3.8, 4) is 0 Å². The van der Waals surface area contributed by atoms with E-state index >= 15 is 0 Å². The van der Waals surface area contributed by atoms with Gasteiger partial charge in [-0.25, -0.2) is 0 Å². The van der Waals surface area contributed by atoms with Crippen molar-refractivity contribution in [3.05, 3.63) is 0 Å². The van der Waals surface area contributed by atoms with Crippen molar-refractivity contribution in [3.63, 3.8) is 0 Å². The van der Waals surface area contributed by atoms with Crippen molar-refractivity contribution in [2.24, 2.45) is 23.7 Å². The Kier molecular flexibility index (Phi) is 1.18. The van der Waals surface area contributed by atoms with Gasteiger partial charge in [-0.2, -0.15) is 0 Å². The molecule has 0 saturated heterocycles. The summed E-state index contributed by atoms with van der Waals surface area (Å²) in [4.78, 5) is 0. The zero-order valence-electron chi connectivity index (χ0n) is 6.87. The average molecular weight is 152 g/mol. The van der Waals surface area contributed by atoms with Gasteiger partial charge >= 0.3 is 0 Å². The van der Waals surface area contributed by atoms with E-state index in [1.165, 1.54) is 25.7 Å². The summed E-state index contributed by atoms with van der Waals surface area (Å²) in [6.45, 7) is 0. The Balaban J connectivity index is 1.90. The van der Waals surface area contributed by atoms with E-state index in [9.17, 15) is 5.11 Å². The van der Waals surface area contributed by atoms with Crippen molar-refractivity contribution in [2.45, 2.75) is 38.2 Å². The van der Waals surface area contributed by atoms with Crippen LogP contribution < -0.4 is 0 Å². The Morgan fingerprint density at radius 2 is 1.73 bits per heavy atom. The summed E-state index contributed by atoms with van der Waals surface area (Å²) in [7, 11) is 0. The van der Waals surface area contributed by atoms with Crippen LogP contribution in [0.15, 0.2) is 0 Å². The topological polar surface area (TPSA) is 20.2 Å². The largest absolute Gasteiger partial charge is 0.393 e. The highest BCUT2D eigenvalue weighted by Gasteiger charge is 2.50. The van der Waals surface area contributed by atoms with Crippen LogP contribution in [0, 0.1) is 23.7 Å². The Morgan fingerprint density at radius 3 is 2.45 bits per heavy atom. The van der Waals surface area contributed by atoms with E-state index in [2.05, 4.69) is 0 Å². The van der Waals surface area contributed by atoms with Crippen LogP contribution >= 0.6 is 0 Å². The van der Waals surface area contributed by atoms with Crippen molar-refractivity contribution in [1.82, 2.24) is 0 Å². The lowest BCUT2D eigenvalue weighted by molar-refractivity contribution is 0.00739. The van der Waals surface area contributed by atoms with Crippen LogP contribution in [0.3, 0.4) is 0 Å². The summed E-state index contributed by atoms with van der Waals surface area (Å²) in [5.41, 5.74) is 0. The first-order valence-electron chi connectivity index (χ1n) is 5.02. The summed E-state index contributed by atoms with van der Waals surface area (Å²) >= 11 is 0. The second kappa shape index (κ2) is 2.01. The number of rotatable bonds is 0. The van der Waals surface area contributed by atoms with Crippen LogP contribution in [0.1, 0.15) is 32.1 Å². The lowest BCUT2D eigenvalue weighted by atomic mass is 9.70. The van der Waals surface area contributed by atoms with Gasteiger partial charge in [-0.1, -0.05) is 0 Å². The summed E-state index contributed by atoms with van der Waals surface area (Å²) < 4.78 is 0. The summed E-state index contributed by atoms with van der Waals surface area (Å²) in [5.74, 6) is 3.67. The molecule has 11 heavy (non-hydrogen) atoms. The zero-order chi connectivity index (χ0) is 7.42. The summed E-state index contributed by atoms with van der Waals surface area (Å²) in [6, 6.07) is 0. The maximum absolute atomic E-state index is 9.72. The minimum atomic E-state index is 0.0709. The maximum atomic E-state index is 9.72. The number of hydrogen-bond donors (Lipinski definition) is 1. The molecular weight excluding hydrogens is 136 g/mol. The maximum Gasteiger partial charge on any atom is 0.0571 e. The molecule has 0 aromatic rings. The molecule has 3 saturated carbocycles. The lowest BCUT2D eigenvalue weighted by Gasteiger charge is -2.38. The molecule has 0 spiro atoms. The molecule has 5 atom stereocenters. The first-order valence-corrected chi connectivity index (χ1v) is 5.02. The molecule has 62 valence electrons. The molecule has 2 bridgehead atoms. The van der Waals surface area contributed by atoms with Crippen LogP contribution in [0.25, 0.3) is 0 Å².